The molecular formula is C22H30N6O3. The minimum Gasteiger partial charge on any atom is -0.444 e. The van der Waals surface area contributed by atoms with E-state index in [2.05, 4.69) is 19.7 Å². The highest BCUT2D eigenvalue weighted by Gasteiger charge is 2.31. The molecule has 0 atom stereocenters. The van der Waals surface area contributed by atoms with Gasteiger partial charge in [0.2, 0.25) is 0 Å². The third kappa shape index (κ3) is 4.86. The van der Waals surface area contributed by atoms with Gasteiger partial charge in [0.15, 0.2) is 0 Å². The van der Waals surface area contributed by atoms with Crippen LogP contribution in [0.2, 0.25) is 0 Å². The molecule has 0 N–H and O–H groups in total. The van der Waals surface area contributed by atoms with Gasteiger partial charge in [-0.3, -0.25) is 9.78 Å². The molecular weight excluding hydrogens is 396 g/mol. The van der Waals surface area contributed by atoms with Crippen LogP contribution in [0.25, 0.3) is 0 Å². The number of likely N-dealkylation sites (tertiary alicyclic amines) is 1. The summed E-state index contributed by atoms with van der Waals surface area (Å²) in [7, 11) is 0. The van der Waals surface area contributed by atoms with Crippen LogP contribution in [-0.4, -0.2) is 73.3 Å². The van der Waals surface area contributed by atoms with E-state index in [4.69, 9.17) is 4.74 Å². The number of hydrogen-bond acceptors (Lipinski definition) is 6. The normalized spacial score (nSPS) is 17.8. The van der Waals surface area contributed by atoms with E-state index in [0.29, 0.717) is 44.7 Å². The predicted octanol–water partition coefficient (Wildman–Crippen LogP) is 2.49. The van der Waals surface area contributed by atoms with Gasteiger partial charge in [-0.05, 0) is 45.7 Å². The van der Waals surface area contributed by atoms with Crippen LogP contribution >= 0.6 is 0 Å². The lowest BCUT2D eigenvalue weighted by Crippen LogP contribution is -2.39. The van der Waals surface area contributed by atoms with Crippen LogP contribution in [0.1, 0.15) is 61.5 Å². The van der Waals surface area contributed by atoms with Crippen molar-refractivity contribution in [3.05, 3.63) is 41.7 Å². The van der Waals surface area contributed by atoms with E-state index in [-0.39, 0.29) is 17.9 Å². The molecule has 166 valence electrons. The van der Waals surface area contributed by atoms with Crippen molar-refractivity contribution in [2.75, 3.05) is 26.2 Å². The Kier molecular flexibility index (Phi) is 5.93. The lowest BCUT2D eigenvalue weighted by atomic mass is 9.95. The van der Waals surface area contributed by atoms with Gasteiger partial charge in [0.25, 0.3) is 5.91 Å². The average molecular weight is 427 g/mol. The fraction of sp³-hybridized carbons (Fsp3) is 0.591. The Morgan fingerprint density at radius 3 is 2.35 bits per heavy atom. The van der Waals surface area contributed by atoms with E-state index >= 15 is 0 Å². The van der Waals surface area contributed by atoms with Gasteiger partial charge < -0.3 is 19.1 Å². The minimum atomic E-state index is -0.509. The standard InChI is InChI=1S/C22H30N6O3/c1-22(2,3)31-21(30)27-13-8-18-24-25-19(28(18)15-14-27)16-6-11-26(12-7-16)20(29)17-4-9-23-10-5-17/h4-5,9-10,16H,6-8,11-15H2,1-3H3. The molecule has 0 radical (unpaired) electrons. The maximum absolute atomic E-state index is 12.7. The number of amides is 2. The van der Waals surface area contributed by atoms with Crippen molar-refractivity contribution in [3.8, 4) is 0 Å². The third-order valence-corrected chi connectivity index (χ3v) is 5.78. The molecule has 2 amide bonds. The lowest BCUT2D eigenvalue weighted by Gasteiger charge is -2.32. The van der Waals surface area contributed by atoms with Gasteiger partial charge in [-0.1, -0.05) is 0 Å². The Morgan fingerprint density at radius 2 is 1.68 bits per heavy atom. The topological polar surface area (TPSA) is 93.4 Å². The molecule has 9 nitrogen and oxygen atoms in total. The van der Waals surface area contributed by atoms with E-state index in [1.807, 2.05) is 25.7 Å². The summed E-state index contributed by atoms with van der Waals surface area (Å²) >= 11 is 0. The van der Waals surface area contributed by atoms with Crippen molar-refractivity contribution in [3.63, 3.8) is 0 Å². The zero-order chi connectivity index (χ0) is 22.0. The highest BCUT2D eigenvalue weighted by atomic mass is 16.6. The van der Waals surface area contributed by atoms with E-state index in [9.17, 15) is 9.59 Å². The van der Waals surface area contributed by atoms with Crippen molar-refractivity contribution in [1.29, 1.82) is 0 Å². The monoisotopic (exact) mass is 426 g/mol. The third-order valence-electron chi connectivity index (χ3n) is 5.78. The molecule has 2 aromatic heterocycles. The van der Waals surface area contributed by atoms with Crippen LogP contribution in [0.3, 0.4) is 0 Å². The van der Waals surface area contributed by atoms with E-state index in [1.54, 1.807) is 29.4 Å². The quantitative estimate of drug-likeness (QED) is 0.732. The second kappa shape index (κ2) is 8.64. The number of carbonyl (C=O) groups is 2. The zero-order valence-corrected chi connectivity index (χ0v) is 18.5. The summed E-state index contributed by atoms with van der Waals surface area (Å²) < 4.78 is 7.69. The van der Waals surface area contributed by atoms with Crippen LogP contribution in [0, 0.1) is 0 Å². The molecule has 2 aliphatic rings. The van der Waals surface area contributed by atoms with E-state index in [0.717, 1.165) is 24.5 Å². The van der Waals surface area contributed by atoms with E-state index < -0.39 is 5.60 Å². The first-order valence-corrected chi connectivity index (χ1v) is 10.9. The molecule has 1 saturated heterocycles. The molecule has 31 heavy (non-hydrogen) atoms. The SMILES string of the molecule is CC(C)(C)OC(=O)N1CCc2nnc(C3CCN(C(=O)c4ccncc4)CC3)n2CC1. The highest BCUT2D eigenvalue weighted by Crippen LogP contribution is 2.29. The van der Waals surface area contributed by atoms with Crippen LogP contribution in [0.15, 0.2) is 24.5 Å². The molecule has 0 unspecified atom stereocenters. The molecule has 0 aliphatic carbocycles. The number of aromatic nitrogens is 4. The van der Waals surface area contributed by atoms with Gasteiger partial charge in [0, 0.05) is 63.0 Å². The Morgan fingerprint density at radius 1 is 0.968 bits per heavy atom. The number of carbonyl (C=O) groups excluding carboxylic acids is 2. The maximum atomic E-state index is 12.7. The molecule has 9 heteroatoms. The van der Waals surface area contributed by atoms with Crippen LogP contribution < -0.4 is 0 Å². The average Bonchev–Trinajstić information content (AvgIpc) is 3.03. The second-order valence-electron chi connectivity index (χ2n) is 9.15. The van der Waals surface area contributed by atoms with Gasteiger partial charge in [-0.2, -0.15) is 0 Å². The summed E-state index contributed by atoms with van der Waals surface area (Å²) in [5.74, 6) is 2.19. The largest absolute Gasteiger partial charge is 0.444 e. The molecule has 2 aromatic rings. The Hall–Kier alpha value is -2.97. The second-order valence-corrected chi connectivity index (χ2v) is 9.15. The Bertz CT molecular complexity index is 928. The minimum absolute atomic E-state index is 0.0499. The molecule has 0 bridgehead atoms. The predicted molar refractivity (Wildman–Crippen MR) is 114 cm³/mol. The number of pyridine rings is 1. The summed E-state index contributed by atoms with van der Waals surface area (Å²) in [6.07, 6.45) is 5.37. The van der Waals surface area contributed by atoms with Crippen molar-refractivity contribution in [2.24, 2.45) is 0 Å². The van der Waals surface area contributed by atoms with Gasteiger partial charge in [0.1, 0.15) is 17.2 Å². The number of ether oxygens (including phenoxy) is 1. The molecule has 0 aromatic carbocycles. The van der Waals surface area contributed by atoms with Gasteiger partial charge in [-0.25, -0.2) is 4.79 Å². The lowest BCUT2D eigenvalue weighted by molar-refractivity contribution is 0.0253. The molecule has 2 aliphatic heterocycles. The first-order chi connectivity index (χ1) is 14.8. The van der Waals surface area contributed by atoms with Gasteiger partial charge >= 0.3 is 6.09 Å². The first-order valence-electron chi connectivity index (χ1n) is 10.9. The van der Waals surface area contributed by atoms with Crippen molar-refractivity contribution in [2.45, 2.75) is 58.1 Å². The highest BCUT2D eigenvalue weighted by molar-refractivity contribution is 5.94. The summed E-state index contributed by atoms with van der Waals surface area (Å²) in [5, 5.41) is 8.90. The summed E-state index contributed by atoms with van der Waals surface area (Å²) in [6, 6.07) is 3.51. The Balaban J connectivity index is 1.38. The van der Waals surface area contributed by atoms with Crippen LogP contribution in [0.5, 0.6) is 0 Å². The van der Waals surface area contributed by atoms with Crippen LogP contribution in [-0.2, 0) is 17.7 Å². The zero-order valence-electron chi connectivity index (χ0n) is 18.5. The molecule has 0 spiro atoms. The number of rotatable bonds is 2. The molecule has 0 saturated carbocycles. The Labute approximate surface area is 182 Å². The number of nitrogens with zero attached hydrogens (tertiary/aromatic N) is 6. The number of fused-ring (bicyclic) bond motifs is 1. The van der Waals surface area contributed by atoms with Crippen molar-refractivity contribution in [1.82, 2.24) is 29.5 Å². The van der Waals surface area contributed by atoms with Gasteiger partial charge in [0.05, 0.1) is 0 Å². The fourth-order valence-electron chi connectivity index (χ4n) is 4.17. The maximum Gasteiger partial charge on any atom is 0.410 e. The number of piperidine rings is 1. The first kappa shape index (κ1) is 21.3. The van der Waals surface area contributed by atoms with E-state index in [1.165, 1.54) is 0 Å². The summed E-state index contributed by atoms with van der Waals surface area (Å²) in [6.45, 7) is 8.83. The fourth-order valence-corrected chi connectivity index (χ4v) is 4.17. The molecule has 1 fully saturated rings. The summed E-state index contributed by atoms with van der Waals surface area (Å²) in [5.41, 5.74) is 0.165. The number of hydrogen-bond donors (Lipinski definition) is 0. The molecule has 4 rings (SSSR count). The smallest absolute Gasteiger partial charge is 0.410 e. The summed E-state index contributed by atoms with van der Waals surface area (Å²) in [4.78, 5) is 32.8. The van der Waals surface area contributed by atoms with Crippen molar-refractivity contribution >= 4 is 12.0 Å². The molecule has 4 heterocycles. The van der Waals surface area contributed by atoms with Crippen molar-refractivity contribution < 1.29 is 14.3 Å². The van der Waals surface area contributed by atoms with Gasteiger partial charge in [-0.15, -0.1) is 10.2 Å². The van der Waals surface area contributed by atoms with Crippen LogP contribution in [0.4, 0.5) is 4.79 Å².